The number of fused-ring (bicyclic) bond motifs is 1. The second-order valence-corrected chi connectivity index (χ2v) is 5.27. The van der Waals surface area contributed by atoms with E-state index in [9.17, 15) is 9.90 Å². The summed E-state index contributed by atoms with van der Waals surface area (Å²) in [6, 6.07) is 7.07. The van der Waals surface area contributed by atoms with Gasteiger partial charge in [0.05, 0.1) is 13.0 Å². The van der Waals surface area contributed by atoms with Crippen molar-refractivity contribution in [3.8, 4) is 5.75 Å². The Hall–Kier alpha value is -1.75. The van der Waals surface area contributed by atoms with E-state index in [0.29, 0.717) is 5.75 Å². The molecule has 0 fully saturated rings. The van der Waals surface area contributed by atoms with Gasteiger partial charge in [-0.1, -0.05) is 13.0 Å². The van der Waals surface area contributed by atoms with Gasteiger partial charge in [-0.3, -0.25) is 4.79 Å². The van der Waals surface area contributed by atoms with Crippen LogP contribution < -0.4 is 0 Å². The Morgan fingerprint density at radius 3 is 3.00 bits per heavy atom. The maximum atomic E-state index is 11.4. The van der Waals surface area contributed by atoms with E-state index in [1.54, 1.807) is 18.3 Å². The maximum Gasteiger partial charge on any atom is 0.309 e. The van der Waals surface area contributed by atoms with Gasteiger partial charge in [-0.2, -0.15) is 0 Å². The van der Waals surface area contributed by atoms with Crippen LogP contribution in [0.1, 0.15) is 6.92 Å². The summed E-state index contributed by atoms with van der Waals surface area (Å²) >= 11 is 1.49. The standard InChI is InChI=1S/C14H15NO3S/c1-9(14(17)18-2)8-19-13-12-7-11(16)4-3-10(12)5-6-15-13/h3-7,9,16H,8H2,1-2H3. The van der Waals surface area contributed by atoms with E-state index >= 15 is 0 Å². The van der Waals surface area contributed by atoms with Gasteiger partial charge in [-0.25, -0.2) is 4.98 Å². The number of aromatic nitrogens is 1. The summed E-state index contributed by atoms with van der Waals surface area (Å²) in [4.78, 5) is 15.7. The second kappa shape index (κ2) is 5.93. The highest BCUT2D eigenvalue weighted by Gasteiger charge is 2.14. The normalized spacial score (nSPS) is 12.3. The minimum Gasteiger partial charge on any atom is -0.508 e. The molecule has 0 spiro atoms. The summed E-state index contributed by atoms with van der Waals surface area (Å²) in [5.74, 6) is 0.386. The van der Waals surface area contributed by atoms with Crippen LogP contribution in [0, 0.1) is 5.92 Å². The third-order valence-electron chi connectivity index (χ3n) is 2.79. The Kier molecular flexibility index (Phi) is 4.27. The molecule has 0 aliphatic rings. The number of thioether (sulfide) groups is 1. The van der Waals surface area contributed by atoms with E-state index in [1.807, 2.05) is 19.1 Å². The zero-order valence-electron chi connectivity index (χ0n) is 10.8. The van der Waals surface area contributed by atoms with Gasteiger partial charge in [0, 0.05) is 17.3 Å². The first-order valence-corrected chi connectivity index (χ1v) is 6.88. The van der Waals surface area contributed by atoms with Crippen molar-refractivity contribution in [3.05, 3.63) is 30.5 Å². The summed E-state index contributed by atoms with van der Waals surface area (Å²) in [6.45, 7) is 1.82. The molecule has 1 aromatic carbocycles. The predicted octanol–water partition coefficient (Wildman–Crippen LogP) is 2.84. The van der Waals surface area contributed by atoms with Crippen molar-refractivity contribution >= 4 is 28.5 Å². The van der Waals surface area contributed by atoms with Gasteiger partial charge in [-0.15, -0.1) is 11.8 Å². The van der Waals surface area contributed by atoms with Crippen molar-refractivity contribution in [3.63, 3.8) is 0 Å². The number of hydrogen-bond donors (Lipinski definition) is 1. The van der Waals surface area contributed by atoms with Gasteiger partial charge in [0.15, 0.2) is 0 Å². The largest absolute Gasteiger partial charge is 0.508 e. The minimum atomic E-state index is -0.226. The number of pyridine rings is 1. The van der Waals surface area contributed by atoms with Crippen LogP contribution >= 0.6 is 11.8 Å². The van der Waals surface area contributed by atoms with Gasteiger partial charge in [0.1, 0.15) is 10.8 Å². The van der Waals surface area contributed by atoms with Crippen molar-refractivity contribution < 1.29 is 14.6 Å². The number of rotatable bonds is 4. The van der Waals surface area contributed by atoms with Gasteiger partial charge in [0.2, 0.25) is 0 Å². The zero-order chi connectivity index (χ0) is 13.8. The monoisotopic (exact) mass is 277 g/mol. The van der Waals surface area contributed by atoms with Crippen LogP contribution in [0.3, 0.4) is 0 Å². The molecule has 0 radical (unpaired) electrons. The smallest absolute Gasteiger partial charge is 0.309 e. The lowest BCUT2D eigenvalue weighted by Gasteiger charge is -2.09. The molecule has 2 rings (SSSR count). The number of methoxy groups -OCH3 is 1. The molecule has 1 unspecified atom stereocenters. The molecule has 19 heavy (non-hydrogen) atoms. The third-order valence-corrected chi connectivity index (χ3v) is 4.05. The lowest BCUT2D eigenvalue weighted by atomic mass is 10.2. The van der Waals surface area contributed by atoms with Gasteiger partial charge < -0.3 is 9.84 Å². The Bertz CT molecular complexity index is 600. The van der Waals surface area contributed by atoms with E-state index in [2.05, 4.69) is 4.98 Å². The first-order valence-electron chi connectivity index (χ1n) is 5.90. The van der Waals surface area contributed by atoms with Gasteiger partial charge in [0.25, 0.3) is 0 Å². The molecule has 5 heteroatoms. The number of carbonyl (C=O) groups excluding carboxylic acids is 1. The van der Waals surface area contributed by atoms with Crippen LogP contribution in [-0.2, 0) is 9.53 Å². The molecule has 1 aromatic heterocycles. The van der Waals surface area contributed by atoms with E-state index in [4.69, 9.17) is 4.74 Å². The summed E-state index contributed by atoms with van der Waals surface area (Å²) < 4.78 is 4.69. The Labute approximate surface area is 115 Å². The highest BCUT2D eigenvalue weighted by molar-refractivity contribution is 7.99. The van der Waals surface area contributed by atoms with E-state index in [0.717, 1.165) is 15.8 Å². The van der Waals surface area contributed by atoms with Gasteiger partial charge in [-0.05, 0) is 23.6 Å². The molecule has 0 saturated carbocycles. The van der Waals surface area contributed by atoms with Crippen LogP contribution in [0.2, 0.25) is 0 Å². The summed E-state index contributed by atoms with van der Waals surface area (Å²) in [5, 5.41) is 12.3. The predicted molar refractivity (Wildman–Crippen MR) is 75.3 cm³/mol. The lowest BCUT2D eigenvalue weighted by Crippen LogP contribution is -2.14. The van der Waals surface area contributed by atoms with E-state index in [-0.39, 0.29) is 17.6 Å². The number of phenols is 1. The number of ether oxygens (including phenoxy) is 1. The summed E-state index contributed by atoms with van der Waals surface area (Å²) in [6.07, 6.45) is 1.73. The number of benzene rings is 1. The van der Waals surface area contributed by atoms with Crippen LogP contribution in [0.4, 0.5) is 0 Å². The average molecular weight is 277 g/mol. The van der Waals surface area contributed by atoms with E-state index in [1.165, 1.54) is 18.9 Å². The Balaban J connectivity index is 2.21. The highest BCUT2D eigenvalue weighted by Crippen LogP contribution is 2.29. The number of hydrogen-bond acceptors (Lipinski definition) is 5. The Morgan fingerprint density at radius 1 is 1.47 bits per heavy atom. The molecule has 0 bridgehead atoms. The van der Waals surface area contributed by atoms with E-state index < -0.39 is 0 Å². The highest BCUT2D eigenvalue weighted by atomic mass is 32.2. The minimum absolute atomic E-state index is 0.190. The fourth-order valence-electron chi connectivity index (χ4n) is 1.72. The van der Waals surface area contributed by atoms with Crippen LogP contribution in [0.5, 0.6) is 5.75 Å². The molecule has 2 aromatic rings. The Morgan fingerprint density at radius 2 is 2.26 bits per heavy atom. The first kappa shape index (κ1) is 13.7. The molecule has 0 saturated heterocycles. The van der Waals surface area contributed by atoms with Crippen LogP contribution in [0.25, 0.3) is 10.8 Å². The van der Waals surface area contributed by atoms with Crippen LogP contribution in [0.15, 0.2) is 35.5 Å². The van der Waals surface area contributed by atoms with Crippen LogP contribution in [-0.4, -0.2) is 28.9 Å². The number of aromatic hydroxyl groups is 1. The van der Waals surface area contributed by atoms with Crippen molar-refractivity contribution in [2.75, 3.05) is 12.9 Å². The molecule has 1 N–H and O–H groups in total. The van der Waals surface area contributed by atoms with Crippen molar-refractivity contribution in [1.82, 2.24) is 4.98 Å². The molecular formula is C14H15NO3S. The zero-order valence-corrected chi connectivity index (χ0v) is 11.6. The molecule has 0 amide bonds. The van der Waals surface area contributed by atoms with Crippen molar-refractivity contribution in [2.45, 2.75) is 11.9 Å². The maximum absolute atomic E-state index is 11.4. The fraction of sp³-hybridized carbons (Fsp3) is 0.286. The van der Waals surface area contributed by atoms with Gasteiger partial charge >= 0.3 is 5.97 Å². The van der Waals surface area contributed by atoms with Crippen molar-refractivity contribution in [2.24, 2.45) is 5.92 Å². The fourth-order valence-corrected chi connectivity index (χ4v) is 2.73. The quantitative estimate of drug-likeness (QED) is 0.688. The summed E-state index contributed by atoms with van der Waals surface area (Å²) in [5.41, 5.74) is 0. The average Bonchev–Trinajstić information content (AvgIpc) is 2.43. The number of phenolic OH excluding ortho intramolecular Hbond substituents is 1. The molecule has 100 valence electrons. The molecule has 0 aliphatic heterocycles. The molecule has 1 heterocycles. The molecular weight excluding hydrogens is 262 g/mol. The second-order valence-electron chi connectivity index (χ2n) is 4.26. The summed E-state index contributed by atoms with van der Waals surface area (Å²) in [7, 11) is 1.39. The molecule has 1 atom stereocenters. The van der Waals surface area contributed by atoms with Crippen molar-refractivity contribution in [1.29, 1.82) is 0 Å². The number of carbonyl (C=O) groups is 1. The number of nitrogens with zero attached hydrogens (tertiary/aromatic N) is 1. The molecule has 0 aliphatic carbocycles. The topological polar surface area (TPSA) is 59.4 Å². The molecule has 4 nitrogen and oxygen atoms in total. The first-order chi connectivity index (χ1) is 9.11. The lowest BCUT2D eigenvalue weighted by molar-refractivity contribution is -0.143. The SMILES string of the molecule is COC(=O)C(C)CSc1nccc2ccc(O)cc12. The third kappa shape index (κ3) is 3.17. The number of esters is 1.